The third kappa shape index (κ3) is 3.55. The van der Waals surface area contributed by atoms with Crippen LogP contribution in [0.1, 0.15) is 24.5 Å². The van der Waals surface area contributed by atoms with E-state index in [1.54, 1.807) is 37.3 Å². The van der Waals surface area contributed by atoms with Crippen LogP contribution in [0.2, 0.25) is 10.0 Å². The van der Waals surface area contributed by atoms with Crippen LogP contribution < -0.4 is 20.7 Å². The molecule has 2 amide bonds. The van der Waals surface area contributed by atoms with Crippen LogP contribution in [0.4, 0.5) is 11.4 Å². The highest BCUT2D eigenvalue weighted by Gasteiger charge is 2.61. The maximum atomic E-state index is 13.5. The van der Waals surface area contributed by atoms with Crippen molar-refractivity contribution in [2.24, 2.45) is 5.92 Å². The average molecular weight is 464 g/mol. The van der Waals surface area contributed by atoms with Crippen molar-refractivity contribution in [3.05, 3.63) is 51.5 Å². The zero-order valence-electron chi connectivity index (χ0n) is 17.3. The van der Waals surface area contributed by atoms with Gasteiger partial charge >= 0.3 is 0 Å². The lowest BCUT2D eigenvalue weighted by Gasteiger charge is -2.30. The van der Waals surface area contributed by atoms with Gasteiger partial charge in [0.15, 0.2) is 0 Å². The number of aliphatic hydroxyl groups excluding tert-OH is 1. The van der Waals surface area contributed by atoms with E-state index in [-0.39, 0.29) is 12.3 Å². The van der Waals surface area contributed by atoms with Gasteiger partial charge in [-0.05, 0) is 56.2 Å². The van der Waals surface area contributed by atoms with E-state index >= 15 is 0 Å². The summed E-state index contributed by atoms with van der Waals surface area (Å²) in [5.41, 5.74) is 1.07. The first-order chi connectivity index (χ1) is 14.7. The van der Waals surface area contributed by atoms with Crippen LogP contribution in [-0.4, -0.2) is 36.2 Å². The van der Waals surface area contributed by atoms with Crippen molar-refractivity contribution >= 4 is 46.4 Å². The molecule has 2 aromatic rings. The molecule has 4 atom stereocenters. The normalized spacial score (nSPS) is 25.3. The molecule has 1 spiro atoms. The largest absolute Gasteiger partial charge is 0.495 e. The van der Waals surface area contributed by atoms with Crippen molar-refractivity contribution in [1.29, 1.82) is 0 Å². The average Bonchev–Trinajstić information content (AvgIpc) is 3.23. The maximum absolute atomic E-state index is 13.5. The van der Waals surface area contributed by atoms with Crippen LogP contribution in [0.25, 0.3) is 0 Å². The molecule has 0 bridgehead atoms. The highest BCUT2D eigenvalue weighted by atomic mass is 35.5. The zero-order valence-corrected chi connectivity index (χ0v) is 18.8. The first-order valence-electron chi connectivity index (χ1n) is 9.89. The Morgan fingerprint density at radius 2 is 2.03 bits per heavy atom. The monoisotopic (exact) mass is 463 g/mol. The molecule has 2 aliphatic rings. The lowest BCUT2D eigenvalue weighted by Crippen LogP contribution is -2.53. The summed E-state index contributed by atoms with van der Waals surface area (Å²) >= 11 is 12.4. The number of aliphatic hydroxyl groups is 1. The van der Waals surface area contributed by atoms with Crippen LogP contribution in [-0.2, 0) is 15.1 Å². The van der Waals surface area contributed by atoms with Gasteiger partial charge in [0.2, 0.25) is 11.8 Å². The van der Waals surface area contributed by atoms with Gasteiger partial charge in [0, 0.05) is 27.3 Å². The number of methoxy groups -OCH3 is 1. The molecule has 1 saturated heterocycles. The molecular formula is C22H23Cl2N3O4. The van der Waals surface area contributed by atoms with Crippen molar-refractivity contribution < 1.29 is 19.4 Å². The standard InChI is InChI=1S/C22H23Cl2N3O4/c1-10-6-13(24)7-14-19(10)26-21(30)22(14)15(9-16(27-22)11(2)28)20(29)25-17-8-12(23)4-5-18(17)31-3/h4-8,11,15-16,27-28H,9H2,1-3H3,(H,25,29)(H,26,30)/t11-,15-,16-,22+/m1/s1. The third-order valence-electron chi connectivity index (χ3n) is 6.07. The van der Waals surface area contributed by atoms with Gasteiger partial charge in [-0.3, -0.25) is 14.9 Å². The predicted molar refractivity (Wildman–Crippen MR) is 120 cm³/mol. The molecule has 4 N–H and O–H groups in total. The smallest absolute Gasteiger partial charge is 0.250 e. The molecule has 31 heavy (non-hydrogen) atoms. The molecule has 0 aliphatic carbocycles. The summed E-state index contributed by atoms with van der Waals surface area (Å²) in [7, 11) is 1.49. The van der Waals surface area contributed by atoms with E-state index in [4.69, 9.17) is 27.9 Å². The Morgan fingerprint density at radius 1 is 1.29 bits per heavy atom. The zero-order chi connectivity index (χ0) is 22.5. The van der Waals surface area contributed by atoms with Crippen LogP contribution in [0.3, 0.4) is 0 Å². The van der Waals surface area contributed by atoms with Gasteiger partial charge in [0.1, 0.15) is 11.3 Å². The fourth-order valence-electron chi connectivity index (χ4n) is 4.55. The number of nitrogens with one attached hydrogen (secondary N) is 3. The van der Waals surface area contributed by atoms with Crippen LogP contribution in [0.5, 0.6) is 5.75 Å². The van der Waals surface area contributed by atoms with Gasteiger partial charge in [0.05, 0.1) is 24.8 Å². The van der Waals surface area contributed by atoms with Crippen LogP contribution in [0, 0.1) is 12.8 Å². The number of hydrogen-bond acceptors (Lipinski definition) is 5. The number of fused-ring (bicyclic) bond motifs is 2. The van der Waals surface area contributed by atoms with E-state index in [1.165, 1.54) is 7.11 Å². The molecule has 0 radical (unpaired) electrons. The van der Waals surface area contributed by atoms with E-state index in [9.17, 15) is 14.7 Å². The van der Waals surface area contributed by atoms with Crippen molar-refractivity contribution in [2.75, 3.05) is 17.7 Å². The van der Waals surface area contributed by atoms with Crippen LogP contribution in [0.15, 0.2) is 30.3 Å². The molecular weight excluding hydrogens is 441 g/mol. The first-order valence-corrected chi connectivity index (χ1v) is 10.6. The van der Waals surface area contributed by atoms with Gasteiger partial charge in [-0.15, -0.1) is 0 Å². The number of carbonyl (C=O) groups excluding carboxylic acids is 2. The topological polar surface area (TPSA) is 99.7 Å². The summed E-state index contributed by atoms with van der Waals surface area (Å²) in [6.07, 6.45) is -0.516. The SMILES string of the molecule is COc1ccc(Cl)cc1NC(=O)[C@H]1C[C@H]([C@@H](C)O)N[C@]12C(=O)Nc1c(C)cc(Cl)cc12. The van der Waals surface area contributed by atoms with Crippen molar-refractivity contribution in [1.82, 2.24) is 5.32 Å². The van der Waals surface area contributed by atoms with Gasteiger partial charge in [-0.2, -0.15) is 0 Å². The Morgan fingerprint density at radius 3 is 2.71 bits per heavy atom. The molecule has 0 saturated carbocycles. The Bertz CT molecular complexity index is 1070. The Kier molecular flexibility index (Phi) is 5.64. The maximum Gasteiger partial charge on any atom is 0.250 e. The molecule has 2 aliphatic heterocycles. The highest BCUT2D eigenvalue weighted by Crippen LogP contribution is 2.49. The molecule has 2 aromatic carbocycles. The summed E-state index contributed by atoms with van der Waals surface area (Å²) in [6.45, 7) is 3.47. The number of carbonyl (C=O) groups is 2. The molecule has 164 valence electrons. The number of halogens is 2. The highest BCUT2D eigenvalue weighted by molar-refractivity contribution is 6.31. The summed E-state index contributed by atoms with van der Waals surface area (Å²) in [6, 6.07) is 7.88. The van der Waals surface area contributed by atoms with Crippen molar-refractivity contribution in [3.63, 3.8) is 0 Å². The molecule has 4 rings (SSSR count). The molecule has 2 heterocycles. The number of rotatable bonds is 4. The number of anilines is 2. The minimum atomic E-state index is -1.36. The van der Waals surface area contributed by atoms with E-state index in [0.29, 0.717) is 32.7 Å². The molecule has 0 unspecified atom stereocenters. The minimum absolute atomic E-state index is 0.255. The number of ether oxygens (including phenoxy) is 1. The van der Waals surface area contributed by atoms with E-state index in [0.717, 1.165) is 5.56 Å². The van der Waals surface area contributed by atoms with E-state index < -0.39 is 29.5 Å². The Hall–Kier alpha value is -2.32. The first kappa shape index (κ1) is 21.9. The fourth-order valence-corrected chi connectivity index (χ4v) is 4.99. The summed E-state index contributed by atoms with van der Waals surface area (Å²) in [5, 5.41) is 20.1. The quantitative estimate of drug-likeness (QED) is 0.556. The molecule has 9 heteroatoms. The number of hydrogen-bond donors (Lipinski definition) is 4. The van der Waals surface area contributed by atoms with Gasteiger partial charge in [-0.25, -0.2) is 0 Å². The van der Waals surface area contributed by atoms with Gasteiger partial charge < -0.3 is 20.5 Å². The Balaban J connectivity index is 1.79. The molecule has 0 aromatic heterocycles. The fraction of sp³-hybridized carbons (Fsp3) is 0.364. The lowest BCUT2D eigenvalue weighted by atomic mass is 9.79. The second-order valence-corrected chi connectivity index (χ2v) is 8.89. The van der Waals surface area contributed by atoms with Crippen molar-refractivity contribution in [2.45, 2.75) is 38.0 Å². The van der Waals surface area contributed by atoms with E-state index in [1.807, 2.05) is 6.92 Å². The van der Waals surface area contributed by atoms with E-state index in [2.05, 4.69) is 16.0 Å². The number of benzene rings is 2. The molecule has 1 fully saturated rings. The number of aryl methyl sites for hydroxylation is 1. The van der Waals surface area contributed by atoms with Crippen LogP contribution >= 0.6 is 23.2 Å². The van der Waals surface area contributed by atoms with Gasteiger partial charge in [-0.1, -0.05) is 23.2 Å². The summed E-state index contributed by atoms with van der Waals surface area (Å²) in [4.78, 5) is 26.8. The summed E-state index contributed by atoms with van der Waals surface area (Å²) < 4.78 is 5.32. The Labute approximate surface area is 190 Å². The lowest BCUT2D eigenvalue weighted by molar-refractivity contribution is -0.130. The van der Waals surface area contributed by atoms with Gasteiger partial charge in [0.25, 0.3) is 0 Å². The molecule has 7 nitrogen and oxygen atoms in total. The number of amides is 2. The second-order valence-electron chi connectivity index (χ2n) is 8.02. The summed E-state index contributed by atoms with van der Waals surface area (Å²) in [5.74, 6) is -1.11. The predicted octanol–water partition coefficient (Wildman–Crippen LogP) is 3.46. The minimum Gasteiger partial charge on any atom is -0.495 e. The van der Waals surface area contributed by atoms with Crippen molar-refractivity contribution in [3.8, 4) is 5.75 Å². The third-order valence-corrected chi connectivity index (χ3v) is 6.52. The second kappa shape index (κ2) is 7.98.